The Kier molecular flexibility index (Phi) is 3.97. The Balaban J connectivity index is 1.86. The summed E-state index contributed by atoms with van der Waals surface area (Å²) in [6.45, 7) is 10.1. The van der Waals surface area contributed by atoms with Crippen molar-refractivity contribution in [1.29, 1.82) is 0 Å². The molecule has 0 aromatic heterocycles. The van der Waals surface area contributed by atoms with Gasteiger partial charge >= 0.3 is 0 Å². The number of nitrogens with zero attached hydrogens (tertiary/aromatic N) is 2. The Hall–Kier alpha value is -0.860. The molecule has 1 atom stereocenters. The molecule has 1 fully saturated rings. The summed E-state index contributed by atoms with van der Waals surface area (Å²) in [6.07, 6.45) is 0. The molecule has 2 nitrogen and oxygen atoms in total. The predicted octanol–water partition coefficient (Wildman–Crippen LogP) is 1.85. The van der Waals surface area contributed by atoms with Crippen LogP contribution in [-0.2, 0) is 0 Å². The van der Waals surface area contributed by atoms with Gasteiger partial charge in [0.05, 0.1) is 0 Å². The van der Waals surface area contributed by atoms with Crippen molar-refractivity contribution in [2.24, 2.45) is 0 Å². The molecule has 2 heteroatoms. The van der Waals surface area contributed by atoms with Crippen LogP contribution in [0.3, 0.4) is 0 Å². The Morgan fingerprint density at radius 1 is 1.12 bits per heavy atom. The summed E-state index contributed by atoms with van der Waals surface area (Å²) in [6, 6.07) is 10.6. The van der Waals surface area contributed by atoms with E-state index >= 15 is 0 Å². The minimum atomic E-state index is 0.393. The number of piperazine rings is 1. The molecule has 0 bridgehead atoms. The van der Waals surface area contributed by atoms with Crippen LogP contribution in [0.5, 0.6) is 0 Å². The predicted molar refractivity (Wildman–Crippen MR) is 68.5 cm³/mol. The second kappa shape index (κ2) is 5.46. The minimum absolute atomic E-state index is 0.393. The van der Waals surface area contributed by atoms with Gasteiger partial charge in [0.15, 0.2) is 0 Å². The lowest BCUT2D eigenvalue weighted by molar-refractivity contribution is 0.151. The topological polar surface area (TPSA) is 6.48 Å². The first kappa shape index (κ1) is 11.6. The van der Waals surface area contributed by atoms with E-state index in [1.807, 2.05) is 0 Å². The van der Waals surface area contributed by atoms with Gasteiger partial charge in [-0.2, -0.15) is 0 Å². The van der Waals surface area contributed by atoms with Gasteiger partial charge in [-0.05, 0) is 25.5 Å². The van der Waals surface area contributed by atoms with Gasteiger partial charge in [-0.3, -0.25) is 0 Å². The highest BCUT2D eigenvalue weighted by Gasteiger charge is 2.16. The highest BCUT2D eigenvalue weighted by molar-refractivity contribution is 5.20. The Morgan fingerprint density at radius 3 is 2.38 bits per heavy atom. The standard InChI is InChI=1S/C14H21N2/c1-13(14-6-4-3-5-7-14)12-16-10-8-15(2)9-11-16/h3-7,13H,1,8-12H2,2H3. The monoisotopic (exact) mass is 217 g/mol. The third-order valence-corrected chi connectivity index (χ3v) is 3.35. The van der Waals surface area contributed by atoms with E-state index in [9.17, 15) is 0 Å². The summed E-state index contributed by atoms with van der Waals surface area (Å²) >= 11 is 0. The maximum atomic E-state index is 4.27. The maximum Gasteiger partial charge on any atom is 0.0110 e. The lowest BCUT2D eigenvalue weighted by Crippen LogP contribution is -2.45. The second-order valence-electron chi connectivity index (χ2n) is 4.71. The first-order valence-electron chi connectivity index (χ1n) is 6.04. The highest BCUT2D eigenvalue weighted by atomic mass is 15.2. The van der Waals surface area contributed by atoms with Crippen molar-refractivity contribution < 1.29 is 0 Å². The van der Waals surface area contributed by atoms with Crippen molar-refractivity contribution in [1.82, 2.24) is 9.80 Å². The van der Waals surface area contributed by atoms with Gasteiger partial charge in [-0.1, -0.05) is 30.3 Å². The van der Waals surface area contributed by atoms with Crippen molar-refractivity contribution in [3.63, 3.8) is 0 Å². The fraction of sp³-hybridized carbons (Fsp3) is 0.500. The zero-order valence-corrected chi connectivity index (χ0v) is 10.1. The maximum absolute atomic E-state index is 4.27. The molecule has 0 saturated carbocycles. The lowest BCUT2D eigenvalue weighted by atomic mass is 10.0. The van der Waals surface area contributed by atoms with Gasteiger partial charge in [0.25, 0.3) is 0 Å². The van der Waals surface area contributed by atoms with Crippen molar-refractivity contribution in [2.45, 2.75) is 5.92 Å². The van der Waals surface area contributed by atoms with Crippen LogP contribution in [-0.4, -0.2) is 49.6 Å². The Bertz CT molecular complexity index is 302. The SMILES string of the molecule is [CH2]C(CN1CCN(C)CC1)c1ccccc1. The number of hydrogen-bond acceptors (Lipinski definition) is 2. The van der Waals surface area contributed by atoms with E-state index in [4.69, 9.17) is 0 Å². The van der Waals surface area contributed by atoms with Crippen LogP contribution in [0.1, 0.15) is 11.5 Å². The molecule has 1 saturated heterocycles. The van der Waals surface area contributed by atoms with Crippen molar-refractivity contribution in [3.05, 3.63) is 42.8 Å². The number of benzene rings is 1. The van der Waals surface area contributed by atoms with Crippen LogP contribution < -0.4 is 0 Å². The minimum Gasteiger partial charge on any atom is -0.304 e. The van der Waals surface area contributed by atoms with Crippen molar-refractivity contribution in [2.75, 3.05) is 39.8 Å². The van der Waals surface area contributed by atoms with E-state index in [0.717, 1.165) is 6.54 Å². The third-order valence-electron chi connectivity index (χ3n) is 3.35. The molecule has 87 valence electrons. The van der Waals surface area contributed by atoms with E-state index < -0.39 is 0 Å². The molecule has 0 spiro atoms. The van der Waals surface area contributed by atoms with E-state index in [2.05, 4.69) is 54.1 Å². The van der Waals surface area contributed by atoms with E-state index in [1.165, 1.54) is 31.7 Å². The summed E-state index contributed by atoms with van der Waals surface area (Å²) < 4.78 is 0. The average molecular weight is 217 g/mol. The van der Waals surface area contributed by atoms with Gasteiger partial charge < -0.3 is 9.80 Å². The smallest absolute Gasteiger partial charge is 0.0110 e. The summed E-state index contributed by atoms with van der Waals surface area (Å²) in [5.74, 6) is 0.393. The molecular weight excluding hydrogens is 196 g/mol. The van der Waals surface area contributed by atoms with E-state index in [0.29, 0.717) is 5.92 Å². The average Bonchev–Trinajstić information content (AvgIpc) is 2.33. The molecule has 1 aromatic rings. The quantitative estimate of drug-likeness (QED) is 0.762. The molecule has 1 aliphatic rings. The Morgan fingerprint density at radius 2 is 1.75 bits per heavy atom. The largest absolute Gasteiger partial charge is 0.304 e. The first-order valence-corrected chi connectivity index (χ1v) is 6.04. The molecule has 2 rings (SSSR count). The van der Waals surface area contributed by atoms with Crippen LogP contribution in [0.4, 0.5) is 0 Å². The third kappa shape index (κ3) is 3.06. The van der Waals surface area contributed by atoms with E-state index in [-0.39, 0.29) is 0 Å². The fourth-order valence-electron chi connectivity index (χ4n) is 2.17. The summed E-state index contributed by atoms with van der Waals surface area (Å²) in [7, 11) is 2.19. The molecule has 0 amide bonds. The van der Waals surface area contributed by atoms with Crippen molar-refractivity contribution in [3.8, 4) is 0 Å². The zero-order chi connectivity index (χ0) is 11.4. The highest BCUT2D eigenvalue weighted by Crippen LogP contribution is 2.16. The molecule has 0 aliphatic carbocycles. The molecule has 16 heavy (non-hydrogen) atoms. The fourth-order valence-corrected chi connectivity index (χ4v) is 2.17. The van der Waals surface area contributed by atoms with Gasteiger partial charge in [0.1, 0.15) is 0 Å². The van der Waals surface area contributed by atoms with Crippen LogP contribution >= 0.6 is 0 Å². The zero-order valence-electron chi connectivity index (χ0n) is 10.1. The van der Waals surface area contributed by atoms with Gasteiger partial charge in [-0.25, -0.2) is 0 Å². The molecule has 1 aliphatic heterocycles. The summed E-state index contributed by atoms with van der Waals surface area (Å²) in [5, 5.41) is 0. The number of hydrogen-bond donors (Lipinski definition) is 0. The summed E-state index contributed by atoms with van der Waals surface area (Å²) in [5.41, 5.74) is 1.35. The van der Waals surface area contributed by atoms with Crippen LogP contribution in [0.25, 0.3) is 0 Å². The molecule has 1 unspecified atom stereocenters. The normalized spacial score (nSPS) is 20.9. The van der Waals surface area contributed by atoms with Crippen LogP contribution in [0, 0.1) is 6.92 Å². The molecule has 1 radical (unpaired) electrons. The number of likely N-dealkylation sites (N-methyl/N-ethyl adjacent to an activating group) is 1. The molecular formula is C14H21N2. The molecule has 1 heterocycles. The van der Waals surface area contributed by atoms with Crippen LogP contribution in [0.15, 0.2) is 30.3 Å². The number of rotatable bonds is 3. The van der Waals surface area contributed by atoms with Gasteiger partial charge in [0, 0.05) is 32.7 Å². The van der Waals surface area contributed by atoms with Gasteiger partial charge in [-0.15, -0.1) is 0 Å². The van der Waals surface area contributed by atoms with Gasteiger partial charge in [0.2, 0.25) is 0 Å². The second-order valence-corrected chi connectivity index (χ2v) is 4.71. The van der Waals surface area contributed by atoms with Crippen molar-refractivity contribution >= 4 is 0 Å². The molecule has 0 N–H and O–H groups in total. The Labute approximate surface area is 98.9 Å². The molecule has 1 aromatic carbocycles. The van der Waals surface area contributed by atoms with E-state index in [1.54, 1.807) is 0 Å². The summed E-state index contributed by atoms with van der Waals surface area (Å²) in [4.78, 5) is 4.90. The first-order chi connectivity index (χ1) is 7.75. The lowest BCUT2D eigenvalue weighted by Gasteiger charge is -2.34. The van der Waals surface area contributed by atoms with Crippen LogP contribution in [0.2, 0.25) is 0 Å².